The lowest BCUT2D eigenvalue weighted by Crippen LogP contribution is -2.10. The molecule has 0 unspecified atom stereocenters. The molecule has 1 aromatic heterocycles. The Labute approximate surface area is 280 Å². The number of nitrogens with zero attached hydrogens (tertiary/aromatic N) is 2. The number of benzene rings is 8. The van der Waals surface area contributed by atoms with Crippen LogP contribution in [0.4, 0.5) is 17.1 Å². The van der Waals surface area contributed by atoms with E-state index in [0.29, 0.717) is 0 Å². The average Bonchev–Trinajstić information content (AvgIpc) is 3.50. The third kappa shape index (κ3) is 4.74. The molecule has 0 aliphatic rings. The first-order valence-corrected chi connectivity index (χ1v) is 16.4. The molecular formula is C46H32N2. The van der Waals surface area contributed by atoms with Crippen LogP contribution in [0.1, 0.15) is 0 Å². The van der Waals surface area contributed by atoms with Gasteiger partial charge in [-0.3, -0.25) is 0 Å². The zero-order valence-electron chi connectivity index (χ0n) is 26.4. The van der Waals surface area contributed by atoms with E-state index >= 15 is 0 Å². The first-order valence-electron chi connectivity index (χ1n) is 16.4. The lowest BCUT2D eigenvalue weighted by atomic mass is 9.97. The first kappa shape index (κ1) is 27.9. The quantitative estimate of drug-likeness (QED) is 0.181. The molecule has 2 nitrogen and oxygen atoms in total. The molecule has 0 bridgehead atoms. The SMILES string of the molecule is c1ccc(-c2ccc(-c3cccc4c3c3ccc(N(c5ccccc5)c5cccc6ccccc56)cc3n4-c3ccccc3)cc2)cc1. The Balaban J connectivity index is 1.29. The van der Waals surface area contributed by atoms with Crippen molar-refractivity contribution < 1.29 is 0 Å². The second-order valence-electron chi connectivity index (χ2n) is 12.2. The number of hydrogen-bond acceptors (Lipinski definition) is 1. The van der Waals surface area contributed by atoms with Crippen LogP contribution >= 0.6 is 0 Å². The van der Waals surface area contributed by atoms with Gasteiger partial charge in [-0.05, 0) is 76.2 Å². The Morgan fingerprint density at radius 3 is 1.79 bits per heavy atom. The lowest BCUT2D eigenvalue weighted by Gasteiger charge is -2.27. The molecule has 9 rings (SSSR count). The minimum atomic E-state index is 1.11. The van der Waals surface area contributed by atoms with E-state index in [2.05, 4.69) is 204 Å². The molecule has 0 spiro atoms. The highest BCUT2D eigenvalue weighted by Crippen LogP contribution is 2.44. The van der Waals surface area contributed by atoms with Crippen LogP contribution in [0.3, 0.4) is 0 Å². The van der Waals surface area contributed by atoms with Crippen molar-refractivity contribution in [1.29, 1.82) is 0 Å². The van der Waals surface area contributed by atoms with Crippen LogP contribution < -0.4 is 4.90 Å². The number of anilines is 3. The van der Waals surface area contributed by atoms with Crippen LogP contribution in [-0.2, 0) is 0 Å². The summed E-state index contributed by atoms with van der Waals surface area (Å²) in [6.45, 7) is 0. The summed E-state index contributed by atoms with van der Waals surface area (Å²) < 4.78 is 2.42. The lowest BCUT2D eigenvalue weighted by molar-refractivity contribution is 1.18. The molecule has 0 aliphatic carbocycles. The Bertz CT molecular complexity index is 2530. The molecule has 0 saturated heterocycles. The fourth-order valence-electron chi connectivity index (χ4n) is 7.17. The van der Waals surface area contributed by atoms with E-state index in [4.69, 9.17) is 0 Å². The van der Waals surface area contributed by atoms with Crippen molar-refractivity contribution >= 4 is 49.6 Å². The number of fused-ring (bicyclic) bond motifs is 4. The van der Waals surface area contributed by atoms with Gasteiger partial charge in [-0.1, -0.05) is 146 Å². The summed E-state index contributed by atoms with van der Waals surface area (Å²) in [7, 11) is 0. The van der Waals surface area contributed by atoms with Gasteiger partial charge in [0.15, 0.2) is 0 Å². The summed E-state index contributed by atoms with van der Waals surface area (Å²) in [6.07, 6.45) is 0. The third-order valence-corrected chi connectivity index (χ3v) is 9.37. The highest BCUT2D eigenvalue weighted by Gasteiger charge is 2.20. The van der Waals surface area contributed by atoms with Crippen molar-refractivity contribution in [3.8, 4) is 27.9 Å². The summed E-state index contributed by atoms with van der Waals surface area (Å²) in [5, 5.41) is 4.92. The van der Waals surface area contributed by atoms with Gasteiger partial charge in [0.1, 0.15) is 0 Å². The van der Waals surface area contributed by atoms with E-state index in [1.54, 1.807) is 0 Å². The average molecular weight is 613 g/mol. The topological polar surface area (TPSA) is 8.17 Å². The zero-order chi connectivity index (χ0) is 31.9. The maximum Gasteiger partial charge on any atom is 0.0562 e. The molecule has 226 valence electrons. The summed E-state index contributed by atoms with van der Waals surface area (Å²) in [5.74, 6) is 0. The van der Waals surface area contributed by atoms with Gasteiger partial charge in [0.25, 0.3) is 0 Å². The number of rotatable bonds is 6. The largest absolute Gasteiger partial charge is 0.310 e. The van der Waals surface area contributed by atoms with Crippen molar-refractivity contribution in [1.82, 2.24) is 4.57 Å². The zero-order valence-corrected chi connectivity index (χ0v) is 26.4. The standard InChI is InChI=1S/C46H32N2/c1-4-14-33(15-5-1)34-26-28-36(29-27-34)41-23-13-25-44-46(41)42-31-30-39(32-45(42)48(44)38-20-8-3-9-21-38)47(37-18-6-2-7-19-37)43-24-12-17-35-16-10-11-22-40(35)43/h1-32H. The summed E-state index contributed by atoms with van der Waals surface area (Å²) in [6, 6.07) is 69.8. The van der Waals surface area contributed by atoms with Gasteiger partial charge in [-0.2, -0.15) is 0 Å². The van der Waals surface area contributed by atoms with Crippen LogP contribution in [0.2, 0.25) is 0 Å². The van der Waals surface area contributed by atoms with E-state index in [0.717, 1.165) is 22.7 Å². The summed E-state index contributed by atoms with van der Waals surface area (Å²) in [4.78, 5) is 2.39. The normalized spacial score (nSPS) is 11.3. The van der Waals surface area contributed by atoms with E-state index in [1.807, 2.05) is 0 Å². The van der Waals surface area contributed by atoms with Crippen molar-refractivity contribution in [3.63, 3.8) is 0 Å². The Morgan fingerprint density at radius 2 is 1.00 bits per heavy atom. The maximum atomic E-state index is 2.42. The van der Waals surface area contributed by atoms with Gasteiger partial charge in [-0.25, -0.2) is 0 Å². The van der Waals surface area contributed by atoms with Crippen molar-refractivity contribution in [3.05, 3.63) is 194 Å². The third-order valence-electron chi connectivity index (χ3n) is 9.37. The van der Waals surface area contributed by atoms with E-state index in [9.17, 15) is 0 Å². The van der Waals surface area contributed by atoms with Crippen LogP contribution in [0, 0.1) is 0 Å². The molecular weight excluding hydrogens is 581 g/mol. The van der Waals surface area contributed by atoms with Crippen LogP contribution in [0.15, 0.2) is 194 Å². The van der Waals surface area contributed by atoms with Gasteiger partial charge in [0, 0.05) is 33.2 Å². The monoisotopic (exact) mass is 612 g/mol. The Morgan fingerprint density at radius 1 is 0.375 bits per heavy atom. The second kappa shape index (κ2) is 11.8. The number of para-hydroxylation sites is 2. The molecule has 0 radical (unpaired) electrons. The van der Waals surface area contributed by atoms with Crippen molar-refractivity contribution in [2.45, 2.75) is 0 Å². The van der Waals surface area contributed by atoms with E-state index in [1.165, 1.54) is 54.8 Å². The minimum Gasteiger partial charge on any atom is -0.310 e. The predicted octanol–water partition coefficient (Wildman–Crippen LogP) is 12.7. The van der Waals surface area contributed by atoms with E-state index in [-0.39, 0.29) is 0 Å². The van der Waals surface area contributed by atoms with Crippen molar-refractivity contribution in [2.75, 3.05) is 4.90 Å². The molecule has 1 heterocycles. The summed E-state index contributed by atoms with van der Waals surface area (Å²) >= 11 is 0. The fourth-order valence-corrected chi connectivity index (χ4v) is 7.17. The second-order valence-corrected chi connectivity index (χ2v) is 12.2. The first-order chi connectivity index (χ1) is 23.8. The highest BCUT2D eigenvalue weighted by atomic mass is 15.1. The molecule has 8 aromatic carbocycles. The predicted molar refractivity (Wildman–Crippen MR) is 204 cm³/mol. The molecule has 0 amide bonds. The van der Waals surface area contributed by atoms with Gasteiger partial charge in [0.05, 0.1) is 16.7 Å². The minimum absolute atomic E-state index is 1.11. The molecule has 0 fully saturated rings. The number of hydrogen-bond donors (Lipinski definition) is 0. The molecule has 0 atom stereocenters. The highest BCUT2D eigenvalue weighted by molar-refractivity contribution is 6.16. The van der Waals surface area contributed by atoms with Gasteiger partial charge in [0.2, 0.25) is 0 Å². The molecule has 2 heteroatoms. The van der Waals surface area contributed by atoms with Gasteiger partial charge < -0.3 is 9.47 Å². The molecule has 0 aliphatic heterocycles. The molecule has 0 N–H and O–H groups in total. The van der Waals surface area contributed by atoms with Gasteiger partial charge in [-0.15, -0.1) is 0 Å². The van der Waals surface area contributed by atoms with Crippen molar-refractivity contribution in [2.24, 2.45) is 0 Å². The van der Waals surface area contributed by atoms with Gasteiger partial charge >= 0.3 is 0 Å². The fraction of sp³-hybridized carbons (Fsp3) is 0. The Hall–Kier alpha value is -6.38. The van der Waals surface area contributed by atoms with Crippen LogP contribution in [0.5, 0.6) is 0 Å². The molecule has 0 saturated carbocycles. The summed E-state index contributed by atoms with van der Waals surface area (Å²) in [5.41, 5.74) is 11.8. The maximum absolute atomic E-state index is 2.42. The van der Waals surface area contributed by atoms with Crippen LogP contribution in [-0.4, -0.2) is 4.57 Å². The van der Waals surface area contributed by atoms with Crippen LogP contribution in [0.25, 0.3) is 60.5 Å². The number of aromatic nitrogens is 1. The molecule has 48 heavy (non-hydrogen) atoms. The Kier molecular flexibility index (Phi) is 6.84. The molecule has 9 aromatic rings. The van der Waals surface area contributed by atoms with E-state index < -0.39 is 0 Å². The smallest absolute Gasteiger partial charge is 0.0562 e.